The molecular weight excluding hydrogens is 650 g/mol. The summed E-state index contributed by atoms with van der Waals surface area (Å²) in [6, 6.07) is 31.2. The molecule has 0 spiro atoms. The SMILES string of the molecule is CCOC(=O)C1=C(c2ccccc2)N=c2s/c(=C3/C(=O)N(Cc4ccccc4Cl)c4ccccc43)c(=O)n2[C@H]1c1ccc(SC)cc1. The van der Waals surface area contributed by atoms with Crippen molar-refractivity contribution in [2.75, 3.05) is 17.8 Å². The minimum absolute atomic E-state index is 0.156. The van der Waals surface area contributed by atoms with Crippen molar-refractivity contribution in [3.05, 3.63) is 156 Å². The van der Waals surface area contributed by atoms with Gasteiger partial charge in [-0.3, -0.25) is 14.2 Å². The Hall–Kier alpha value is -4.70. The Morgan fingerprint density at radius 1 is 0.936 bits per heavy atom. The second-order valence-corrected chi connectivity index (χ2v) is 13.2. The monoisotopic (exact) mass is 677 g/mol. The number of halogens is 1. The highest BCUT2D eigenvalue weighted by molar-refractivity contribution is 7.98. The lowest BCUT2D eigenvalue weighted by atomic mass is 9.93. The third kappa shape index (κ3) is 5.44. The number of nitrogens with zero attached hydrogens (tertiary/aromatic N) is 3. The number of esters is 1. The fourth-order valence-electron chi connectivity index (χ4n) is 6.05. The zero-order chi connectivity index (χ0) is 32.7. The first-order valence-electron chi connectivity index (χ1n) is 15.0. The summed E-state index contributed by atoms with van der Waals surface area (Å²) in [5, 5.41) is 0.554. The first-order valence-corrected chi connectivity index (χ1v) is 17.4. The molecule has 2 aliphatic heterocycles. The number of amides is 1. The van der Waals surface area contributed by atoms with Gasteiger partial charge in [0, 0.05) is 21.0 Å². The van der Waals surface area contributed by atoms with E-state index in [4.69, 9.17) is 21.3 Å². The average molecular weight is 678 g/mol. The molecule has 7 rings (SSSR count). The molecule has 1 amide bonds. The number of hydrogen-bond acceptors (Lipinski definition) is 7. The number of aromatic nitrogens is 1. The number of carbonyl (C=O) groups excluding carboxylic acids is 2. The molecule has 2 aliphatic rings. The van der Waals surface area contributed by atoms with Crippen LogP contribution in [0.15, 0.2) is 123 Å². The van der Waals surface area contributed by atoms with Crippen LogP contribution >= 0.6 is 34.7 Å². The Balaban J connectivity index is 1.50. The summed E-state index contributed by atoms with van der Waals surface area (Å²) in [5.74, 6) is -0.856. The van der Waals surface area contributed by atoms with E-state index in [1.165, 1.54) is 4.57 Å². The zero-order valence-electron chi connectivity index (χ0n) is 25.5. The summed E-state index contributed by atoms with van der Waals surface area (Å²) in [7, 11) is 0. The Labute approximate surface area is 284 Å². The van der Waals surface area contributed by atoms with Crippen molar-refractivity contribution in [1.82, 2.24) is 4.57 Å². The van der Waals surface area contributed by atoms with Gasteiger partial charge in [0.25, 0.3) is 11.5 Å². The van der Waals surface area contributed by atoms with Crippen molar-refractivity contribution < 1.29 is 14.3 Å². The predicted octanol–water partition coefficient (Wildman–Crippen LogP) is 6.23. The van der Waals surface area contributed by atoms with Gasteiger partial charge in [0.15, 0.2) is 4.80 Å². The lowest BCUT2D eigenvalue weighted by molar-refractivity contribution is -0.138. The summed E-state index contributed by atoms with van der Waals surface area (Å²) in [6.45, 7) is 2.15. The standard InChI is InChI=1S/C37H28ClN3O4S2/c1-3-45-36(44)30-31(22-11-5-4-6-12-22)39-37-41(32(30)23-17-19-25(46-2)20-18-23)35(43)33(47-37)29-26-14-8-10-16-28(26)40(34(29)42)21-24-13-7-9-15-27(24)38/h4-20,32H,3,21H2,1-2H3/b33-29+/t32-/m0/s1. The van der Waals surface area contributed by atoms with Gasteiger partial charge in [-0.15, -0.1) is 11.8 Å². The molecule has 7 nitrogen and oxygen atoms in total. The lowest BCUT2D eigenvalue weighted by Crippen LogP contribution is -2.41. The maximum atomic E-state index is 14.7. The van der Waals surface area contributed by atoms with E-state index >= 15 is 0 Å². The number of anilines is 1. The van der Waals surface area contributed by atoms with Crippen LogP contribution in [0.25, 0.3) is 11.3 Å². The van der Waals surface area contributed by atoms with Crippen LogP contribution in [0.2, 0.25) is 5.02 Å². The maximum absolute atomic E-state index is 14.7. The number of para-hydroxylation sites is 1. The lowest BCUT2D eigenvalue weighted by Gasteiger charge is -2.26. The summed E-state index contributed by atoms with van der Waals surface area (Å²) >= 11 is 9.24. The van der Waals surface area contributed by atoms with E-state index in [1.807, 2.05) is 103 Å². The van der Waals surface area contributed by atoms with Crippen molar-refractivity contribution in [2.45, 2.75) is 24.4 Å². The molecule has 4 aromatic carbocycles. The summed E-state index contributed by atoms with van der Waals surface area (Å²) in [5.41, 5.74) is 4.18. The van der Waals surface area contributed by atoms with E-state index in [0.29, 0.717) is 32.3 Å². The third-order valence-corrected chi connectivity index (χ3v) is 10.4. The number of thioether (sulfide) groups is 1. The zero-order valence-corrected chi connectivity index (χ0v) is 27.9. The molecule has 234 valence electrons. The second kappa shape index (κ2) is 12.8. The minimum Gasteiger partial charge on any atom is -0.463 e. The van der Waals surface area contributed by atoms with Gasteiger partial charge in [-0.05, 0) is 48.6 Å². The van der Waals surface area contributed by atoms with Gasteiger partial charge in [0.05, 0.1) is 41.7 Å². The van der Waals surface area contributed by atoms with E-state index in [2.05, 4.69) is 0 Å². The topological polar surface area (TPSA) is 81.0 Å². The maximum Gasteiger partial charge on any atom is 0.338 e. The molecule has 0 unspecified atom stereocenters. The van der Waals surface area contributed by atoms with E-state index in [0.717, 1.165) is 32.9 Å². The molecule has 5 aromatic rings. The van der Waals surface area contributed by atoms with Crippen LogP contribution in [-0.4, -0.2) is 29.3 Å². The molecule has 47 heavy (non-hydrogen) atoms. The number of fused-ring (bicyclic) bond motifs is 2. The van der Waals surface area contributed by atoms with Crippen molar-refractivity contribution in [2.24, 2.45) is 4.99 Å². The summed E-state index contributed by atoms with van der Waals surface area (Å²) < 4.78 is 7.38. The predicted molar refractivity (Wildman–Crippen MR) is 187 cm³/mol. The van der Waals surface area contributed by atoms with Crippen LogP contribution in [0.3, 0.4) is 0 Å². The quantitative estimate of drug-likeness (QED) is 0.151. The van der Waals surface area contributed by atoms with E-state index in [9.17, 15) is 14.4 Å². The van der Waals surface area contributed by atoms with Crippen LogP contribution < -0.4 is 19.8 Å². The largest absolute Gasteiger partial charge is 0.463 e. The fraction of sp³-hybridized carbons (Fsp3) is 0.135. The van der Waals surface area contributed by atoms with Crippen molar-refractivity contribution in [1.29, 1.82) is 0 Å². The second-order valence-electron chi connectivity index (χ2n) is 10.9. The Bertz CT molecular complexity index is 2260. The van der Waals surface area contributed by atoms with Gasteiger partial charge in [-0.2, -0.15) is 0 Å². The highest BCUT2D eigenvalue weighted by Gasteiger charge is 2.38. The van der Waals surface area contributed by atoms with Crippen molar-refractivity contribution in [3.63, 3.8) is 0 Å². The molecule has 1 aromatic heterocycles. The fourth-order valence-corrected chi connectivity index (χ4v) is 7.74. The number of thiazole rings is 1. The molecule has 0 saturated heterocycles. The van der Waals surface area contributed by atoms with Gasteiger partial charge in [-0.25, -0.2) is 9.79 Å². The molecule has 0 bridgehead atoms. The number of ether oxygens (including phenoxy) is 1. The molecule has 3 heterocycles. The molecule has 10 heteroatoms. The molecule has 0 aliphatic carbocycles. The van der Waals surface area contributed by atoms with Gasteiger partial charge < -0.3 is 9.64 Å². The Morgan fingerprint density at radius 3 is 2.36 bits per heavy atom. The van der Waals surface area contributed by atoms with Crippen molar-refractivity contribution in [3.8, 4) is 0 Å². The number of carbonyl (C=O) groups is 2. The Kier molecular flexibility index (Phi) is 8.44. The van der Waals surface area contributed by atoms with Gasteiger partial charge in [0.2, 0.25) is 0 Å². The van der Waals surface area contributed by atoms with Crippen LogP contribution in [-0.2, 0) is 20.9 Å². The third-order valence-electron chi connectivity index (χ3n) is 8.22. The van der Waals surface area contributed by atoms with E-state index in [1.54, 1.807) is 29.7 Å². The highest BCUT2D eigenvalue weighted by atomic mass is 35.5. The normalized spacial score (nSPS) is 16.5. The first-order chi connectivity index (χ1) is 22.9. The summed E-state index contributed by atoms with van der Waals surface area (Å²) in [6.07, 6.45) is 1.99. The number of rotatable bonds is 7. The smallest absolute Gasteiger partial charge is 0.338 e. The average Bonchev–Trinajstić information content (AvgIpc) is 3.57. The van der Waals surface area contributed by atoms with Crippen molar-refractivity contribution >= 4 is 63.5 Å². The van der Waals surface area contributed by atoms with Crippen LogP contribution in [0.5, 0.6) is 0 Å². The van der Waals surface area contributed by atoms with Gasteiger partial charge in [-0.1, -0.05) is 102 Å². The molecule has 0 N–H and O–H groups in total. The summed E-state index contributed by atoms with van der Waals surface area (Å²) in [4.78, 5) is 50.8. The van der Waals surface area contributed by atoms with Gasteiger partial charge in [0.1, 0.15) is 4.53 Å². The van der Waals surface area contributed by atoms with Crippen LogP contribution in [0.1, 0.15) is 35.2 Å². The molecular formula is C37H28ClN3O4S2. The molecule has 1 atom stereocenters. The molecule has 0 saturated carbocycles. The number of hydrogen-bond donors (Lipinski definition) is 0. The number of benzene rings is 4. The van der Waals surface area contributed by atoms with E-state index < -0.39 is 17.6 Å². The minimum atomic E-state index is -0.836. The molecule has 0 radical (unpaired) electrons. The van der Waals surface area contributed by atoms with E-state index in [-0.39, 0.29) is 29.2 Å². The highest BCUT2D eigenvalue weighted by Crippen LogP contribution is 2.38. The van der Waals surface area contributed by atoms with Crippen LogP contribution in [0.4, 0.5) is 5.69 Å². The molecule has 0 fully saturated rings. The first kappa shape index (κ1) is 30.9. The Morgan fingerprint density at radius 2 is 1.64 bits per heavy atom. The van der Waals surface area contributed by atoms with Crippen LogP contribution in [0, 0.1) is 0 Å². The van der Waals surface area contributed by atoms with Gasteiger partial charge >= 0.3 is 5.97 Å².